The molecule has 7 nitrogen and oxygen atoms in total. The van der Waals surface area contributed by atoms with E-state index in [1.807, 2.05) is 48.9 Å². The molecule has 0 bridgehead atoms. The van der Waals surface area contributed by atoms with Gasteiger partial charge in [-0.3, -0.25) is 4.79 Å². The second-order valence-electron chi connectivity index (χ2n) is 6.19. The van der Waals surface area contributed by atoms with E-state index in [0.29, 0.717) is 16.3 Å². The number of aromatic nitrogens is 5. The summed E-state index contributed by atoms with van der Waals surface area (Å²) in [6, 6.07) is 10.4. The summed E-state index contributed by atoms with van der Waals surface area (Å²) in [6.07, 6.45) is 2.19. The quantitative estimate of drug-likeness (QED) is 0.652. The van der Waals surface area contributed by atoms with E-state index in [1.54, 1.807) is 0 Å². The average Bonchev–Trinajstić information content (AvgIpc) is 3.27. The van der Waals surface area contributed by atoms with Gasteiger partial charge in [0.25, 0.3) is 0 Å². The number of benzene rings is 1. The molecule has 2 heterocycles. The Morgan fingerprint density at radius 2 is 2.12 bits per heavy atom. The highest BCUT2D eigenvalue weighted by molar-refractivity contribution is 8.00. The fraction of sp³-hybridized carbons (Fsp3) is 0.353. The molecule has 0 radical (unpaired) electrons. The van der Waals surface area contributed by atoms with Crippen molar-refractivity contribution in [2.75, 3.05) is 5.32 Å². The van der Waals surface area contributed by atoms with Crippen LogP contribution in [0, 0.1) is 6.92 Å². The van der Waals surface area contributed by atoms with Crippen LogP contribution in [0.4, 0.5) is 5.13 Å². The van der Waals surface area contributed by atoms with Crippen LogP contribution >= 0.6 is 23.1 Å². The maximum Gasteiger partial charge on any atom is 0.239 e. The summed E-state index contributed by atoms with van der Waals surface area (Å²) in [7, 11) is 0. The van der Waals surface area contributed by atoms with Gasteiger partial charge in [-0.05, 0) is 42.7 Å². The first-order valence-corrected chi connectivity index (χ1v) is 10.1. The van der Waals surface area contributed by atoms with Crippen molar-refractivity contribution in [3.8, 4) is 10.4 Å². The number of rotatable bonds is 6. The number of anilines is 1. The van der Waals surface area contributed by atoms with Gasteiger partial charge in [-0.15, -0.1) is 5.10 Å². The number of aryl methyl sites for hydroxylation is 1. The Bertz CT molecular complexity index is 918. The fourth-order valence-electron chi connectivity index (χ4n) is 2.54. The summed E-state index contributed by atoms with van der Waals surface area (Å²) in [6.45, 7) is 3.81. The monoisotopic (exact) mass is 386 g/mol. The molecule has 1 amide bonds. The molecule has 1 fully saturated rings. The van der Waals surface area contributed by atoms with Crippen molar-refractivity contribution in [3.05, 3.63) is 36.0 Å². The average molecular weight is 387 g/mol. The molecule has 4 rings (SSSR count). The molecule has 2 aromatic heterocycles. The van der Waals surface area contributed by atoms with Crippen LogP contribution in [0.5, 0.6) is 0 Å². The number of tetrazole rings is 1. The summed E-state index contributed by atoms with van der Waals surface area (Å²) in [5.74, 6) is -0.103. The molecule has 0 spiro atoms. The van der Waals surface area contributed by atoms with Crippen molar-refractivity contribution < 1.29 is 4.79 Å². The molecular weight excluding hydrogens is 368 g/mol. The van der Waals surface area contributed by atoms with Crippen molar-refractivity contribution >= 4 is 34.1 Å². The lowest BCUT2D eigenvalue weighted by Gasteiger charge is -2.09. The summed E-state index contributed by atoms with van der Waals surface area (Å²) < 4.78 is 1.81. The first-order valence-electron chi connectivity index (χ1n) is 8.40. The number of hydrogen-bond acceptors (Lipinski definition) is 7. The molecule has 1 saturated carbocycles. The minimum atomic E-state index is -0.317. The second-order valence-corrected chi connectivity index (χ2v) is 8.49. The third kappa shape index (κ3) is 3.63. The fourth-order valence-corrected chi connectivity index (χ4v) is 4.37. The molecule has 1 N–H and O–H groups in total. The largest absolute Gasteiger partial charge is 0.301 e. The van der Waals surface area contributed by atoms with Gasteiger partial charge in [0.2, 0.25) is 11.1 Å². The van der Waals surface area contributed by atoms with E-state index in [1.165, 1.54) is 23.1 Å². The number of thiazole rings is 1. The maximum absolute atomic E-state index is 12.5. The Morgan fingerprint density at radius 1 is 1.35 bits per heavy atom. The van der Waals surface area contributed by atoms with Gasteiger partial charge in [0.1, 0.15) is 0 Å². The minimum Gasteiger partial charge on any atom is -0.301 e. The third-order valence-corrected chi connectivity index (χ3v) is 6.24. The molecule has 26 heavy (non-hydrogen) atoms. The van der Waals surface area contributed by atoms with Crippen LogP contribution in [0.3, 0.4) is 0 Å². The van der Waals surface area contributed by atoms with E-state index < -0.39 is 0 Å². The number of thioether (sulfide) groups is 1. The molecule has 1 unspecified atom stereocenters. The highest BCUT2D eigenvalue weighted by Crippen LogP contribution is 2.37. The highest BCUT2D eigenvalue weighted by Gasteiger charge is 2.29. The highest BCUT2D eigenvalue weighted by atomic mass is 32.2. The lowest BCUT2D eigenvalue weighted by atomic mass is 10.2. The molecule has 3 aromatic rings. The standard InChI is InChI=1S/C17H18N6OS2/c1-10-14(12-6-4-3-5-7-12)26-16(18-10)19-15(24)11(2)25-17-20-21-22-23(17)13-8-9-13/h3-7,11,13H,8-9H2,1-2H3,(H,18,19,24). The van der Waals surface area contributed by atoms with E-state index >= 15 is 0 Å². The van der Waals surface area contributed by atoms with Crippen molar-refractivity contribution in [2.45, 2.75) is 43.1 Å². The zero-order valence-electron chi connectivity index (χ0n) is 14.4. The normalized spacial score (nSPS) is 15.0. The van der Waals surface area contributed by atoms with E-state index in [2.05, 4.69) is 25.8 Å². The van der Waals surface area contributed by atoms with Crippen LogP contribution < -0.4 is 5.32 Å². The molecule has 9 heteroatoms. The molecule has 1 aliphatic rings. The first kappa shape index (κ1) is 17.2. The van der Waals surface area contributed by atoms with Gasteiger partial charge in [-0.2, -0.15) is 0 Å². The van der Waals surface area contributed by atoms with Gasteiger partial charge in [0.15, 0.2) is 5.13 Å². The van der Waals surface area contributed by atoms with Crippen molar-refractivity contribution in [3.63, 3.8) is 0 Å². The van der Waals surface area contributed by atoms with E-state index in [9.17, 15) is 4.79 Å². The topological polar surface area (TPSA) is 85.6 Å². The minimum absolute atomic E-state index is 0.103. The van der Waals surface area contributed by atoms with E-state index in [4.69, 9.17) is 0 Å². The third-order valence-electron chi connectivity index (χ3n) is 4.07. The zero-order chi connectivity index (χ0) is 18.1. The number of nitrogens with zero attached hydrogens (tertiary/aromatic N) is 5. The van der Waals surface area contributed by atoms with Crippen molar-refractivity contribution in [1.29, 1.82) is 0 Å². The predicted molar refractivity (Wildman–Crippen MR) is 102 cm³/mol. The van der Waals surface area contributed by atoms with Crippen LogP contribution in [0.15, 0.2) is 35.5 Å². The molecule has 1 aromatic carbocycles. The van der Waals surface area contributed by atoms with Gasteiger partial charge < -0.3 is 5.32 Å². The van der Waals surface area contributed by atoms with Gasteiger partial charge in [0, 0.05) is 0 Å². The number of amides is 1. The van der Waals surface area contributed by atoms with Crippen molar-refractivity contribution in [2.24, 2.45) is 0 Å². The molecule has 1 aliphatic carbocycles. The lowest BCUT2D eigenvalue weighted by Crippen LogP contribution is -2.22. The molecule has 1 atom stereocenters. The number of hydrogen-bond donors (Lipinski definition) is 1. The summed E-state index contributed by atoms with van der Waals surface area (Å²) >= 11 is 2.86. The zero-order valence-corrected chi connectivity index (χ0v) is 16.0. The lowest BCUT2D eigenvalue weighted by molar-refractivity contribution is -0.115. The van der Waals surface area contributed by atoms with Crippen LogP contribution in [0.1, 0.15) is 31.5 Å². The maximum atomic E-state index is 12.5. The summed E-state index contributed by atoms with van der Waals surface area (Å²) in [5.41, 5.74) is 2.02. The molecule has 134 valence electrons. The van der Waals surface area contributed by atoms with Crippen LogP contribution in [-0.4, -0.2) is 36.3 Å². The Morgan fingerprint density at radius 3 is 2.85 bits per heavy atom. The predicted octanol–water partition coefficient (Wildman–Crippen LogP) is 3.56. The number of carbonyl (C=O) groups is 1. The summed E-state index contributed by atoms with van der Waals surface area (Å²) in [5, 5.41) is 15.7. The van der Waals surface area contributed by atoms with Gasteiger partial charge in [-0.25, -0.2) is 9.67 Å². The molecule has 0 saturated heterocycles. The number of nitrogens with one attached hydrogen (secondary N) is 1. The molecular formula is C17H18N6OS2. The van der Waals surface area contributed by atoms with Gasteiger partial charge in [-0.1, -0.05) is 53.4 Å². The van der Waals surface area contributed by atoms with E-state index in [-0.39, 0.29) is 11.2 Å². The van der Waals surface area contributed by atoms with Crippen LogP contribution in [0.2, 0.25) is 0 Å². The smallest absolute Gasteiger partial charge is 0.239 e. The van der Waals surface area contributed by atoms with Crippen molar-refractivity contribution in [1.82, 2.24) is 25.2 Å². The Hall–Kier alpha value is -2.26. The SMILES string of the molecule is Cc1nc(NC(=O)C(C)Sc2nnnn2C2CC2)sc1-c1ccccc1. The molecule has 0 aliphatic heterocycles. The Balaban J connectivity index is 1.43. The Kier molecular flexibility index (Phi) is 4.73. The van der Waals surface area contributed by atoms with Gasteiger partial charge >= 0.3 is 0 Å². The van der Waals surface area contributed by atoms with E-state index in [0.717, 1.165) is 29.0 Å². The second kappa shape index (κ2) is 7.16. The van der Waals surface area contributed by atoms with Gasteiger partial charge in [0.05, 0.1) is 21.9 Å². The number of carbonyl (C=O) groups excluding carboxylic acids is 1. The van der Waals surface area contributed by atoms with Crippen LogP contribution in [0.25, 0.3) is 10.4 Å². The summed E-state index contributed by atoms with van der Waals surface area (Å²) in [4.78, 5) is 18.1. The Labute approximate surface area is 159 Å². The van der Waals surface area contributed by atoms with Crippen LogP contribution in [-0.2, 0) is 4.79 Å². The first-order chi connectivity index (χ1) is 12.6.